The highest BCUT2D eigenvalue weighted by Crippen LogP contribution is 2.24. The SMILES string of the molecule is Fc1ccc(-c2cncc(CN3CCc4nc(-c5cccnc5)ncc4C3)c2)cc1. The quantitative estimate of drug-likeness (QED) is 0.514. The van der Waals surface area contributed by atoms with Crippen molar-refractivity contribution >= 4 is 0 Å². The zero-order valence-electron chi connectivity index (χ0n) is 16.4. The number of aromatic nitrogens is 4. The Bertz CT molecular complexity index is 1160. The number of fused-ring (bicyclic) bond motifs is 1. The van der Waals surface area contributed by atoms with Gasteiger partial charge in [0.15, 0.2) is 5.82 Å². The predicted octanol–water partition coefficient (Wildman–Crippen LogP) is 4.30. The Morgan fingerprint density at radius 3 is 2.60 bits per heavy atom. The van der Waals surface area contributed by atoms with Gasteiger partial charge < -0.3 is 0 Å². The largest absolute Gasteiger partial charge is 0.294 e. The van der Waals surface area contributed by atoms with Crippen LogP contribution < -0.4 is 0 Å². The van der Waals surface area contributed by atoms with E-state index >= 15 is 0 Å². The molecule has 4 heterocycles. The van der Waals surface area contributed by atoms with Crippen LogP contribution in [0, 0.1) is 5.82 Å². The number of benzene rings is 1. The molecule has 0 saturated carbocycles. The highest BCUT2D eigenvalue weighted by molar-refractivity contribution is 5.62. The standard InChI is InChI=1S/C24H20FN5/c25-22-5-3-18(4-6-22)20-10-17(11-27-13-20)15-30-9-7-23-21(16-30)14-28-24(29-23)19-2-1-8-26-12-19/h1-6,8,10-14H,7,9,15-16H2. The van der Waals surface area contributed by atoms with E-state index in [1.807, 2.05) is 30.7 Å². The van der Waals surface area contributed by atoms with Gasteiger partial charge in [0.25, 0.3) is 0 Å². The predicted molar refractivity (Wildman–Crippen MR) is 113 cm³/mol. The van der Waals surface area contributed by atoms with E-state index in [-0.39, 0.29) is 5.82 Å². The molecule has 0 atom stereocenters. The Balaban J connectivity index is 1.31. The third kappa shape index (κ3) is 3.95. The summed E-state index contributed by atoms with van der Waals surface area (Å²) in [7, 11) is 0. The van der Waals surface area contributed by atoms with Crippen LogP contribution in [0.3, 0.4) is 0 Å². The van der Waals surface area contributed by atoms with Crippen LogP contribution in [-0.4, -0.2) is 31.4 Å². The fourth-order valence-corrected chi connectivity index (χ4v) is 3.78. The summed E-state index contributed by atoms with van der Waals surface area (Å²) in [5, 5.41) is 0. The van der Waals surface area contributed by atoms with Crippen molar-refractivity contribution in [3.05, 3.63) is 96.1 Å². The molecule has 0 amide bonds. The number of nitrogens with zero attached hydrogens (tertiary/aromatic N) is 5. The second-order valence-electron chi connectivity index (χ2n) is 7.46. The molecular weight excluding hydrogens is 377 g/mol. The maximum atomic E-state index is 13.2. The Hall–Kier alpha value is -3.51. The second kappa shape index (κ2) is 8.08. The maximum Gasteiger partial charge on any atom is 0.160 e. The molecule has 0 unspecified atom stereocenters. The molecule has 1 aromatic carbocycles. The van der Waals surface area contributed by atoms with Crippen LogP contribution in [0.15, 0.2) is 73.4 Å². The molecule has 1 aliphatic heterocycles. The van der Waals surface area contributed by atoms with Gasteiger partial charge in [0.2, 0.25) is 0 Å². The van der Waals surface area contributed by atoms with E-state index in [9.17, 15) is 4.39 Å². The first-order chi connectivity index (χ1) is 14.7. The minimum atomic E-state index is -0.233. The van der Waals surface area contributed by atoms with Crippen LogP contribution in [0.2, 0.25) is 0 Å². The number of hydrogen-bond acceptors (Lipinski definition) is 5. The van der Waals surface area contributed by atoms with E-state index in [0.717, 1.165) is 65.4 Å². The average molecular weight is 397 g/mol. The first kappa shape index (κ1) is 18.5. The Morgan fingerprint density at radius 1 is 0.900 bits per heavy atom. The summed E-state index contributed by atoms with van der Waals surface area (Å²) in [6, 6.07) is 12.5. The fourth-order valence-electron chi connectivity index (χ4n) is 3.78. The summed E-state index contributed by atoms with van der Waals surface area (Å²) < 4.78 is 13.2. The van der Waals surface area contributed by atoms with Gasteiger partial charge >= 0.3 is 0 Å². The topological polar surface area (TPSA) is 54.8 Å². The van der Waals surface area contributed by atoms with Crippen molar-refractivity contribution in [1.29, 1.82) is 0 Å². The molecule has 0 spiro atoms. The zero-order chi connectivity index (χ0) is 20.3. The molecule has 0 aliphatic carbocycles. The lowest BCUT2D eigenvalue weighted by Gasteiger charge is -2.28. The first-order valence-corrected chi connectivity index (χ1v) is 9.92. The van der Waals surface area contributed by atoms with E-state index in [0.29, 0.717) is 0 Å². The van der Waals surface area contributed by atoms with Crippen LogP contribution in [-0.2, 0) is 19.5 Å². The molecule has 0 radical (unpaired) electrons. The summed E-state index contributed by atoms with van der Waals surface area (Å²) in [4.78, 5) is 20.2. The highest BCUT2D eigenvalue weighted by Gasteiger charge is 2.19. The Morgan fingerprint density at radius 2 is 1.77 bits per heavy atom. The van der Waals surface area contributed by atoms with Gasteiger partial charge in [-0.3, -0.25) is 14.9 Å². The molecule has 5 rings (SSSR count). The smallest absolute Gasteiger partial charge is 0.160 e. The summed E-state index contributed by atoms with van der Waals surface area (Å²) in [5.41, 5.74) is 6.30. The van der Waals surface area contributed by atoms with Gasteiger partial charge in [0, 0.05) is 73.7 Å². The number of hydrogen-bond donors (Lipinski definition) is 0. The van der Waals surface area contributed by atoms with Gasteiger partial charge in [-0.15, -0.1) is 0 Å². The lowest BCUT2D eigenvalue weighted by Crippen LogP contribution is -2.31. The zero-order valence-corrected chi connectivity index (χ0v) is 16.4. The van der Waals surface area contributed by atoms with Crippen molar-refractivity contribution < 1.29 is 4.39 Å². The summed E-state index contributed by atoms with van der Waals surface area (Å²) in [5.74, 6) is 0.496. The van der Waals surface area contributed by atoms with E-state index < -0.39 is 0 Å². The van der Waals surface area contributed by atoms with E-state index in [1.54, 1.807) is 24.5 Å². The van der Waals surface area contributed by atoms with Crippen LogP contribution in [0.25, 0.3) is 22.5 Å². The van der Waals surface area contributed by atoms with Crippen molar-refractivity contribution in [1.82, 2.24) is 24.8 Å². The van der Waals surface area contributed by atoms with Gasteiger partial charge in [-0.25, -0.2) is 14.4 Å². The van der Waals surface area contributed by atoms with Gasteiger partial charge in [-0.1, -0.05) is 12.1 Å². The number of halogens is 1. The monoisotopic (exact) mass is 397 g/mol. The average Bonchev–Trinajstić information content (AvgIpc) is 2.80. The summed E-state index contributed by atoms with van der Waals surface area (Å²) in [6.07, 6.45) is 10.1. The molecule has 0 fully saturated rings. The van der Waals surface area contributed by atoms with Crippen molar-refractivity contribution in [2.24, 2.45) is 0 Å². The molecule has 0 bridgehead atoms. The van der Waals surface area contributed by atoms with Gasteiger partial charge in [0.1, 0.15) is 5.82 Å². The highest BCUT2D eigenvalue weighted by atomic mass is 19.1. The third-order valence-electron chi connectivity index (χ3n) is 5.31. The Labute approximate surface area is 174 Å². The molecule has 3 aromatic heterocycles. The maximum absolute atomic E-state index is 13.2. The molecule has 1 aliphatic rings. The minimum absolute atomic E-state index is 0.233. The number of pyridine rings is 2. The second-order valence-corrected chi connectivity index (χ2v) is 7.46. The molecular formula is C24H20FN5. The molecule has 4 aromatic rings. The minimum Gasteiger partial charge on any atom is -0.294 e. The molecule has 6 heteroatoms. The van der Waals surface area contributed by atoms with Crippen molar-refractivity contribution in [3.8, 4) is 22.5 Å². The first-order valence-electron chi connectivity index (χ1n) is 9.92. The molecule has 30 heavy (non-hydrogen) atoms. The summed E-state index contributed by atoms with van der Waals surface area (Å²) in [6.45, 7) is 2.53. The van der Waals surface area contributed by atoms with Crippen molar-refractivity contribution in [2.45, 2.75) is 19.5 Å². The van der Waals surface area contributed by atoms with E-state index in [4.69, 9.17) is 4.98 Å². The lowest BCUT2D eigenvalue weighted by atomic mass is 10.0. The van der Waals surface area contributed by atoms with Crippen molar-refractivity contribution in [3.63, 3.8) is 0 Å². The fraction of sp³-hybridized carbons (Fsp3) is 0.167. The van der Waals surface area contributed by atoms with Crippen molar-refractivity contribution in [2.75, 3.05) is 6.54 Å². The molecule has 148 valence electrons. The molecule has 0 saturated heterocycles. The van der Waals surface area contributed by atoms with Gasteiger partial charge in [-0.05, 0) is 41.5 Å². The summed E-state index contributed by atoms with van der Waals surface area (Å²) >= 11 is 0. The third-order valence-corrected chi connectivity index (χ3v) is 5.31. The lowest BCUT2D eigenvalue weighted by molar-refractivity contribution is 0.242. The van der Waals surface area contributed by atoms with Crippen LogP contribution in [0.4, 0.5) is 4.39 Å². The Kier molecular flexibility index (Phi) is 4.99. The van der Waals surface area contributed by atoms with Crippen LogP contribution in [0.1, 0.15) is 16.8 Å². The van der Waals surface area contributed by atoms with E-state index in [1.165, 1.54) is 12.1 Å². The van der Waals surface area contributed by atoms with Crippen LogP contribution >= 0.6 is 0 Å². The molecule has 5 nitrogen and oxygen atoms in total. The van der Waals surface area contributed by atoms with E-state index in [2.05, 4.69) is 25.9 Å². The van der Waals surface area contributed by atoms with Gasteiger partial charge in [-0.2, -0.15) is 0 Å². The van der Waals surface area contributed by atoms with Crippen LogP contribution in [0.5, 0.6) is 0 Å². The normalized spacial score (nSPS) is 13.8. The van der Waals surface area contributed by atoms with Gasteiger partial charge in [0.05, 0.1) is 5.69 Å². The number of rotatable bonds is 4. The molecule has 0 N–H and O–H groups in total.